The van der Waals surface area contributed by atoms with E-state index in [4.69, 9.17) is 11.6 Å². The Morgan fingerprint density at radius 3 is 2.81 bits per heavy atom. The molecular weight excluding hydrogens is 233 g/mol. The highest BCUT2D eigenvalue weighted by Gasteiger charge is 2.16. The number of carbonyl (C=O) groups is 1. The number of anilines is 1. The molecule has 0 spiro atoms. The van der Waals surface area contributed by atoms with E-state index in [-0.39, 0.29) is 11.0 Å². The highest BCUT2D eigenvalue weighted by molar-refractivity contribution is 6.31. The molecule has 5 heteroatoms. The summed E-state index contributed by atoms with van der Waals surface area (Å²) in [4.78, 5) is 11.3. The van der Waals surface area contributed by atoms with Gasteiger partial charge < -0.3 is 10.1 Å². The predicted molar refractivity (Wildman–Crippen MR) is 61.1 cm³/mol. The van der Waals surface area contributed by atoms with Crippen molar-refractivity contribution in [1.82, 2.24) is 0 Å². The lowest BCUT2D eigenvalue weighted by Crippen LogP contribution is -2.29. The van der Waals surface area contributed by atoms with Crippen molar-refractivity contribution in [2.75, 3.05) is 12.4 Å². The second kappa shape index (κ2) is 5.70. The van der Waals surface area contributed by atoms with Gasteiger partial charge in [-0.3, -0.25) is 0 Å². The van der Waals surface area contributed by atoms with Gasteiger partial charge >= 0.3 is 5.97 Å². The molecule has 1 N–H and O–H groups in total. The first-order valence-corrected chi connectivity index (χ1v) is 5.25. The molecule has 0 aromatic heterocycles. The van der Waals surface area contributed by atoms with Crippen LogP contribution in [0.15, 0.2) is 18.2 Å². The van der Waals surface area contributed by atoms with E-state index in [1.807, 2.05) is 6.92 Å². The minimum atomic E-state index is -0.488. The van der Waals surface area contributed by atoms with E-state index in [2.05, 4.69) is 10.1 Å². The van der Waals surface area contributed by atoms with Crippen LogP contribution in [0, 0.1) is 5.82 Å². The van der Waals surface area contributed by atoms with Crippen LogP contribution < -0.4 is 5.32 Å². The Morgan fingerprint density at radius 1 is 1.62 bits per heavy atom. The number of esters is 1. The van der Waals surface area contributed by atoms with Crippen molar-refractivity contribution in [3.63, 3.8) is 0 Å². The van der Waals surface area contributed by atoms with Crippen LogP contribution in [0.25, 0.3) is 0 Å². The number of nitrogens with one attached hydrogen (secondary N) is 1. The molecule has 16 heavy (non-hydrogen) atoms. The molecule has 3 nitrogen and oxygen atoms in total. The van der Waals surface area contributed by atoms with E-state index in [0.29, 0.717) is 12.1 Å². The second-order valence-electron chi connectivity index (χ2n) is 3.26. The lowest BCUT2D eigenvalue weighted by Gasteiger charge is -2.15. The fraction of sp³-hybridized carbons (Fsp3) is 0.364. The number of rotatable bonds is 4. The Morgan fingerprint density at radius 2 is 2.31 bits per heavy atom. The maximum atomic E-state index is 12.9. The van der Waals surface area contributed by atoms with Crippen LogP contribution in [0.3, 0.4) is 0 Å². The summed E-state index contributed by atoms with van der Waals surface area (Å²) in [5.74, 6) is -0.846. The maximum absolute atomic E-state index is 12.9. The highest BCUT2D eigenvalue weighted by Crippen LogP contribution is 2.20. The summed E-state index contributed by atoms with van der Waals surface area (Å²) < 4.78 is 17.5. The summed E-state index contributed by atoms with van der Waals surface area (Å²) in [5, 5.41) is 2.94. The third-order valence-electron chi connectivity index (χ3n) is 2.15. The van der Waals surface area contributed by atoms with Gasteiger partial charge in [-0.1, -0.05) is 18.5 Å². The lowest BCUT2D eigenvalue weighted by atomic mass is 10.2. The van der Waals surface area contributed by atoms with Gasteiger partial charge in [-0.25, -0.2) is 9.18 Å². The van der Waals surface area contributed by atoms with Gasteiger partial charge in [-0.2, -0.15) is 0 Å². The van der Waals surface area contributed by atoms with E-state index < -0.39 is 11.9 Å². The van der Waals surface area contributed by atoms with E-state index in [9.17, 15) is 9.18 Å². The third kappa shape index (κ3) is 3.10. The summed E-state index contributed by atoms with van der Waals surface area (Å²) in [7, 11) is 1.32. The molecule has 1 aromatic carbocycles. The predicted octanol–water partition coefficient (Wildman–Crippen LogP) is 2.84. The van der Waals surface area contributed by atoms with Crippen LogP contribution in [0.2, 0.25) is 5.02 Å². The Bertz CT molecular complexity index is 384. The summed E-state index contributed by atoms with van der Waals surface area (Å²) in [6, 6.07) is 3.75. The molecule has 0 saturated carbocycles. The average Bonchev–Trinajstić information content (AvgIpc) is 2.29. The van der Waals surface area contributed by atoms with Crippen LogP contribution in [0.1, 0.15) is 13.3 Å². The smallest absolute Gasteiger partial charge is 0.328 e. The summed E-state index contributed by atoms with van der Waals surface area (Å²) in [6.07, 6.45) is 0.571. The molecule has 0 fully saturated rings. The molecule has 1 aromatic rings. The number of carbonyl (C=O) groups excluding carboxylic acids is 1. The van der Waals surface area contributed by atoms with Gasteiger partial charge in [0, 0.05) is 5.69 Å². The van der Waals surface area contributed by atoms with Crippen molar-refractivity contribution in [2.24, 2.45) is 0 Å². The quantitative estimate of drug-likeness (QED) is 0.829. The number of hydrogen-bond acceptors (Lipinski definition) is 3. The van der Waals surface area contributed by atoms with Crippen LogP contribution in [-0.2, 0) is 9.53 Å². The summed E-state index contributed by atoms with van der Waals surface area (Å²) in [5.41, 5.74) is 0.587. The number of benzene rings is 1. The van der Waals surface area contributed by atoms with Gasteiger partial charge in [0.1, 0.15) is 11.9 Å². The molecule has 0 bridgehead atoms. The monoisotopic (exact) mass is 245 g/mol. The van der Waals surface area contributed by atoms with Gasteiger partial charge in [0.15, 0.2) is 0 Å². The van der Waals surface area contributed by atoms with Gasteiger partial charge in [-0.05, 0) is 24.6 Å². The zero-order valence-corrected chi connectivity index (χ0v) is 9.84. The highest BCUT2D eigenvalue weighted by atomic mass is 35.5. The Balaban J connectivity index is 2.78. The van der Waals surface area contributed by atoms with Crippen LogP contribution in [-0.4, -0.2) is 19.1 Å². The molecule has 0 radical (unpaired) electrons. The second-order valence-corrected chi connectivity index (χ2v) is 3.66. The molecule has 0 saturated heterocycles. The van der Waals surface area contributed by atoms with Gasteiger partial charge in [0.05, 0.1) is 12.1 Å². The zero-order chi connectivity index (χ0) is 12.1. The van der Waals surface area contributed by atoms with E-state index >= 15 is 0 Å². The average molecular weight is 246 g/mol. The first-order chi connectivity index (χ1) is 7.58. The first kappa shape index (κ1) is 12.8. The molecule has 0 aliphatic carbocycles. The fourth-order valence-corrected chi connectivity index (χ4v) is 1.44. The number of methoxy groups -OCH3 is 1. The molecule has 0 amide bonds. The summed E-state index contributed by atoms with van der Waals surface area (Å²) >= 11 is 5.62. The normalized spacial score (nSPS) is 12.0. The molecule has 0 heterocycles. The number of ether oxygens (including phenoxy) is 1. The SMILES string of the molecule is CCC(Nc1ccc(F)c(Cl)c1)C(=O)OC. The summed E-state index contributed by atoms with van der Waals surface area (Å²) in [6.45, 7) is 1.85. The molecule has 88 valence electrons. The topological polar surface area (TPSA) is 38.3 Å². The van der Waals surface area contributed by atoms with Crippen molar-refractivity contribution in [3.8, 4) is 0 Å². The van der Waals surface area contributed by atoms with Gasteiger partial charge in [0.25, 0.3) is 0 Å². The molecule has 1 unspecified atom stereocenters. The van der Waals surface area contributed by atoms with Gasteiger partial charge in [-0.15, -0.1) is 0 Å². The molecule has 0 aliphatic heterocycles. The van der Waals surface area contributed by atoms with E-state index in [1.165, 1.54) is 25.3 Å². The van der Waals surface area contributed by atoms with E-state index in [0.717, 1.165) is 0 Å². The standard InChI is InChI=1S/C11H13ClFNO2/c1-3-10(11(15)16-2)14-7-4-5-9(13)8(12)6-7/h4-6,10,14H,3H2,1-2H3. The van der Waals surface area contributed by atoms with Crippen molar-refractivity contribution in [2.45, 2.75) is 19.4 Å². The number of halogens is 2. The van der Waals surface area contributed by atoms with Crippen LogP contribution >= 0.6 is 11.6 Å². The minimum absolute atomic E-state index is 0.0183. The van der Waals surface area contributed by atoms with Crippen LogP contribution in [0.4, 0.5) is 10.1 Å². The van der Waals surface area contributed by atoms with Crippen molar-refractivity contribution < 1.29 is 13.9 Å². The Kier molecular flexibility index (Phi) is 4.55. The maximum Gasteiger partial charge on any atom is 0.328 e. The van der Waals surface area contributed by atoms with E-state index in [1.54, 1.807) is 0 Å². The molecule has 0 aliphatic rings. The van der Waals surface area contributed by atoms with Crippen molar-refractivity contribution in [3.05, 3.63) is 29.0 Å². The number of hydrogen-bond donors (Lipinski definition) is 1. The van der Waals surface area contributed by atoms with Gasteiger partial charge in [0.2, 0.25) is 0 Å². The first-order valence-electron chi connectivity index (χ1n) is 4.88. The Labute approximate surface area is 98.5 Å². The zero-order valence-electron chi connectivity index (χ0n) is 9.09. The van der Waals surface area contributed by atoms with Crippen LogP contribution in [0.5, 0.6) is 0 Å². The minimum Gasteiger partial charge on any atom is -0.467 e. The van der Waals surface area contributed by atoms with Crippen molar-refractivity contribution in [1.29, 1.82) is 0 Å². The Hall–Kier alpha value is -1.29. The molecule has 1 rings (SSSR count). The van der Waals surface area contributed by atoms with Crippen molar-refractivity contribution >= 4 is 23.3 Å². The molecule has 1 atom stereocenters. The molecular formula is C11H13ClFNO2. The largest absolute Gasteiger partial charge is 0.467 e. The third-order valence-corrected chi connectivity index (χ3v) is 2.44. The lowest BCUT2D eigenvalue weighted by molar-refractivity contribution is -0.141. The fourth-order valence-electron chi connectivity index (χ4n) is 1.26.